The first-order valence-electron chi connectivity index (χ1n) is 15.0. The molecule has 0 saturated carbocycles. The van der Waals surface area contributed by atoms with E-state index in [1.165, 1.54) is 26.9 Å². The summed E-state index contributed by atoms with van der Waals surface area (Å²) in [6.07, 6.45) is 1.77. The topological polar surface area (TPSA) is 55.3 Å². The number of aromatic nitrogens is 2. The Kier molecular flexibility index (Phi) is 4.93. The third kappa shape index (κ3) is 3.49. The van der Waals surface area contributed by atoms with Crippen molar-refractivity contribution >= 4 is 93.6 Å². The molecule has 210 valence electrons. The van der Waals surface area contributed by atoms with Crippen molar-refractivity contribution in [1.29, 1.82) is 0 Å². The fourth-order valence-electron chi connectivity index (χ4n) is 6.95. The molecule has 0 spiro atoms. The lowest BCUT2D eigenvalue weighted by molar-refractivity contribution is 0.654. The minimum Gasteiger partial charge on any atom is -0.438 e. The third-order valence-corrected chi connectivity index (χ3v) is 8.94. The van der Waals surface area contributed by atoms with Crippen molar-refractivity contribution in [2.24, 2.45) is 0 Å². The van der Waals surface area contributed by atoms with E-state index in [1.54, 1.807) is 6.20 Å². The van der Waals surface area contributed by atoms with Crippen LogP contribution >= 0.6 is 0 Å². The molecule has 0 fully saturated rings. The number of fused-ring (bicyclic) bond motifs is 11. The highest BCUT2D eigenvalue weighted by molar-refractivity contribution is 6.22. The lowest BCUT2D eigenvalue weighted by Crippen LogP contribution is -2.12. The minimum absolute atomic E-state index is 0.597. The number of hydrogen-bond donors (Lipinski definition) is 0. The van der Waals surface area contributed by atoms with Gasteiger partial charge in [-0.2, -0.15) is 4.98 Å². The van der Waals surface area contributed by atoms with Crippen molar-refractivity contribution in [3.63, 3.8) is 0 Å². The molecule has 45 heavy (non-hydrogen) atoms. The van der Waals surface area contributed by atoms with Gasteiger partial charge in [-0.3, -0.25) is 4.90 Å². The summed E-state index contributed by atoms with van der Waals surface area (Å²) in [6.45, 7) is 0. The average Bonchev–Trinajstić information content (AvgIpc) is 3.67. The van der Waals surface area contributed by atoms with E-state index in [-0.39, 0.29) is 0 Å². The smallest absolute Gasteiger partial charge is 0.229 e. The van der Waals surface area contributed by atoms with Crippen LogP contribution in [0.1, 0.15) is 0 Å². The molecule has 10 aromatic rings. The highest BCUT2D eigenvalue weighted by Crippen LogP contribution is 2.47. The van der Waals surface area contributed by atoms with Crippen molar-refractivity contribution in [3.05, 3.63) is 140 Å². The van der Waals surface area contributed by atoms with Crippen LogP contribution in [0.25, 0.3) is 76.5 Å². The highest BCUT2D eigenvalue weighted by atomic mass is 16.3. The van der Waals surface area contributed by atoms with Crippen LogP contribution in [-0.4, -0.2) is 9.97 Å². The van der Waals surface area contributed by atoms with Crippen molar-refractivity contribution in [2.45, 2.75) is 0 Å². The molecule has 0 aliphatic rings. The van der Waals surface area contributed by atoms with Crippen LogP contribution in [0.4, 0.5) is 17.2 Å². The summed E-state index contributed by atoms with van der Waals surface area (Å²) in [7, 11) is 0. The zero-order chi connectivity index (χ0) is 29.5. The molecule has 0 aliphatic carbocycles. The van der Waals surface area contributed by atoms with Crippen LogP contribution < -0.4 is 4.90 Å². The van der Waals surface area contributed by atoms with Gasteiger partial charge in [0.25, 0.3) is 0 Å². The normalized spacial score (nSPS) is 12.0. The molecule has 5 heteroatoms. The van der Waals surface area contributed by atoms with Crippen molar-refractivity contribution < 1.29 is 8.83 Å². The van der Waals surface area contributed by atoms with Crippen LogP contribution in [0.2, 0.25) is 0 Å². The second kappa shape index (κ2) is 9.15. The summed E-state index contributed by atoms with van der Waals surface area (Å²) in [6, 6.07) is 46.4. The molecule has 0 bridgehead atoms. The molecule has 0 atom stereocenters. The van der Waals surface area contributed by atoms with Gasteiger partial charge in [-0.05, 0) is 75.5 Å². The summed E-state index contributed by atoms with van der Waals surface area (Å²) in [4.78, 5) is 12.0. The molecular weight excluding hydrogens is 554 g/mol. The van der Waals surface area contributed by atoms with Gasteiger partial charge >= 0.3 is 0 Å². The quantitative estimate of drug-likeness (QED) is 0.196. The van der Waals surface area contributed by atoms with E-state index in [0.29, 0.717) is 11.4 Å². The average molecular weight is 578 g/mol. The summed E-state index contributed by atoms with van der Waals surface area (Å²) in [5, 5.41) is 11.1. The zero-order valence-corrected chi connectivity index (χ0v) is 23.9. The second-order valence-corrected chi connectivity index (χ2v) is 11.4. The standard InChI is InChI=1S/C40H23N3O2/c1-2-10-25-24(9-1)18-19-27-26-11-3-4-12-28(26)34(23-32(25)27)43(33-15-7-17-36-38(33)31-14-8-22-41-39(31)45-36)37-21-20-30-29-13-5-6-16-35(29)44-40(30)42-37/h1-23H. The molecule has 0 aliphatic heterocycles. The van der Waals surface area contributed by atoms with Crippen LogP contribution in [-0.2, 0) is 0 Å². The molecule has 10 rings (SSSR count). The number of pyridine rings is 2. The van der Waals surface area contributed by atoms with Gasteiger partial charge in [0.15, 0.2) is 0 Å². The monoisotopic (exact) mass is 577 g/mol. The Hall–Kier alpha value is -6.20. The number of benzene rings is 6. The fourth-order valence-corrected chi connectivity index (χ4v) is 6.95. The number of furan rings is 2. The van der Waals surface area contributed by atoms with Gasteiger partial charge in [-0.25, -0.2) is 4.98 Å². The number of anilines is 3. The SMILES string of the molecule is c1ccc2c(c1)ccc1c3ccccc3c(N(c3ccc4c(n3)oc3ccccc34)c3cccc4oc5ncccc5c34)cc21. The van der Waals surface area contributed by atoms with Crippen molar-refractivity contribution in [3.8, 4) is 0 Å². The highest BCUT2D eigenvalue weighted by Gasteiger charge is 2.24. The number of para-hydroxylation sites is 1. The Bertz CT molecular complexity index is 2790. The molecule has 0 N–H and O–H groups in total. The third-order valence-electron chi connectivity index (χ3n) is 8.94. The Morgan fingerprint density at radius 2 is 1.16 bits per heavy atom. The predicted molar refractivity (Wildman–Crippen MR) is 184 cm³/mol. The van der Waals surface area contributed by atoms with E-state index in [1.807, 2.05) is 36.4 Å². The van der Waals surface area contributed by atoms with Gasteiger partial charge in [-0.15, -0.1) is 0 Å². The van der Waals surface area contributed by atoms with Gasteiger partial charge in [0, 0.05) is 22.4 Å². The molecule has 0 saturated heterocycles. The van der Waals surface area contributed by atoms with E-state index in [4.69, 9.17) is 13.8 Å². The van der Waals surface area contributed by atoms with Gasteiger partial charge < -0.3 is 8.83 Å². The Morgan fingerprint density at radius 1 is 0.444 bits per heavy atom. The van der Waals surface area contributed by atoms with Gasteiger partial charge in [0.05, 0.1) is 22.1 Å². The summed E-state index contributed by atoms with van der Waals surface area (Å²) < 4.78 is 12.6. The van der Waals surface area contributed by atoms with Crippen LogP contribution in [0.3, 0.4) is 0 Å². The minimum atomic E-state index is 0.597. The first-order valence-corrected chi connectivity index (χ1v) is 15.0. The first-order chi connectivity index (χ1) is 22.3. The molecule has 6 aromatic carbocycles. The summed E-state index contributed by atoms with van der Waals surface area (Å²) in [5.74, 6) is 0.747. The van der Waals surface area contributed by atoms with Gasteiger partial charge in [0.1, 0.15) is 17.0 Å². The Labute approximate surface area is 256 Å². The van der Waals surface area contributed by atoms with E-state index in [2.05, 4.69) is 107 Å². The molecule has 4 heterocycles. The summed E-state index contributed by atoms with van der Waals surface area (Å²) in [5.41, 5.74) is 4.76. The van der Waals surface area contributed by atoms with E-state index >= 15 is 0 Å². The van der Waals surface area contributed by atoms with Crippen LogP contribution in [0, 0.1) is 0 Å². The first kappa shape index (κ1) is 24.3. The number of rotatable bonds is 3. The molecule has 5 nitrogen and oxygen atoms in total. The van der Waals surface area contributed by atoms with Gasteiger partial charge in [-0.1, -0.05) is 84.9 Å². The van der Waals surface area contributed by atoms with E-state index in [0.717, 1.165) is 55.3 Å². The molecule has 0 amide bonds. The fraction of sp³-hybridized carbons (Fsp3) is 0. The van der Waals surface area contributed by atoms with Crippen molar-refractivity contribution in [2.75, 3.05) is 4.90 Å². The maximum atomic E-state index is 6.31. The van der Waals surface area contributed by atoms with E-state index < -0.39 is 0 Å². The molecule has 0 unspecified atom stereocenters. The number of hydrogen-bond acceptors (Lipinski definition) is 5. The molecule has 0 radical (unpaired) electrons. The Balaban J connectivity index is 1.36. The predicted octanol–water partition coefficient (Wildman–Crippen LogP) is 11.2. The van der Waals surface area contributed by atoms with Crippen molar-refractivity contribution in [1.82, 2.24) is 9.97 Å². The Morgan fingerprint density at radius 3 is 2.09 bits per heavy atom. The summed E-state index contributed by atoms with van der Waals surface area (Å²) >= 11 is 0. The molecule has 4 aromatic heterocycles. The second-order valence-electron chi connectivity index (χ2n) is 11.4. The van der Waals surface area contributed by atoms with Gasteiger partial charge in [0.2, 0.25) is 11.4 Å². The molecular formula is C40H23N3O2. The maximum Gasteiger partial charge on any atom is 0.229 e. The largest absolute Gasteiger partial charge is 0.438 e. The lowest BCUT2D eigenvalue weighted by atomic mass is 9.95. The maximum absolute atomic E-state index is 6.31. The lowest BCUT2D eigenvalue weighted by Gasteiger charge is -2.27. The van der Waals surface area contributed by atoms with Crippen LogP contribution in [0.5, 0.6) is 0 Å². The van der Waals surface area contributed by atoms with E-state index in [9.17, 15) is 0 Å². The number of nitrogens with zero attached hydrogens (tertiary/aromatic N) is 3. The zero-order valence-electron chi connectivity index (χ0n) is 23.9. The van der Waals surface area contributed by atoms with Crippen LogP contribution in [0.15, 0.2) is 148 Å².